The second kappa shape index (κ2) is 10.6. The van der Waals surface area contributed by atoms with Gasteiger partial charge in [0, 0.05) is 44.8 Å². The van der Waals surface area contributed by atoms with Gasteiger partial charge in [0.15, 0.2) is 17.5 Å². The maximum absolute atomic E-state index is 6.47. The third-order valence-electron chi connectivity index (χ3n) is 9.46. The zero-order valence-electron chi connectivity index (χ0n) is 25.9. The maximum Gasteiger partial charge on any atom is 0.164 e. The van der Waals surface area contributed by atoms with E-state index in [-0.39, 0.29) is 0 Å². The molecule has 6 aromatic carbocycles. The highest BCUT2D eigenvalue weighted by Crippen LogP contribution is 2.41. The normalized spacial score (nSPS) is 13.0. The van der Waals surface area contributed by atoms with Gasteiger partial charge in [-0.1, -0.05) is 109 Å². The van der Waals surface area contributed by atoms with Gasteiger partial charge in [-0.3, -0.25) is 0 Å². The second-order valence-corrected chi connectivity index (χ2v) is 12.3. The lowest BCUT2D eigenvalue weighted by Crippen LogP contribution is -2.01. The Hall–Kier alpha value is -6.33. The van der Waals surface area contributed by atoms with Gasteiger partial charge in [-0.2, -0.15) is 0 Å². The van der Waals surface area contributed by atoms with Gasteiger partial charge in [-0.25, -0.2) is 15.0 Å². The van der Waals surface area contributed by atoms with Crippen LogP contribution in [0.2, 0.25) is 0 Å². The monoisotopic (exact) mass is 617 g/mol. The average Bonchev–Trinajstić information content (AvgIpc) is 3.72. The van der Waals surface area contributed by atoms with Gasteiger partial charge in [-0.05, 0) is 58.7 Å². The number of aryl methyl sites for hydroxylation is 1. The molecule has 226 valence electrons. The number of rotatable bonds is 4. The number of benzene rings is 6. The third kappa shape index (κ3) is 4.28. The molecule has 1 aliphatic carbocycles. The molecule has 9 aromatic rings. The fourth-order valence-electron chi connectivity index (χ4n) is 7.15. The molecule has 1 aliphatic rings. The van der Waals surface area contributed by atoms with Crippen molar-refractivity contribution in [2.45, 2.75) is 12.8 Å². The van der Waals surface area contributed by atoms with Gasteiger partial charge in [0.25, 0.3) is 0 Å². The lowest BCUT2D eigenvalue weighted by atomic mass is 9.90. The standard InChI is InChI=1S/C43H27N3O2/c1-2-10-26(11-3-1)28-21-23-37-35(24-28)40-34(17-9-19-38(40)47-37)43-45-41(29-20-22-32-31-15-6-7-18-36(31)48-39(32)25-29)44-42(46-43)33-16-8-13-27-12-4-5-14-30(27)33/h1-20,22,24-25H,21,23H2. The highest BCUT2D eigenvalue weighted by molar-refractivity contribution is 6.06. The van der Waals surface area contributed by atoms with E-state index < -0.39 is 0 Å². The van der Waals surface area contributed by atoms with Crippen molar-refractivity contribution in [1.82, 2.24) is 15.0 Å². The van der Waals surface area contributed by atoms with E-state index in [1.165, 1.54) is 11.1 Å². The van der Waals surface area contributed by atoms with E-state index in [1.54, 1.807) is 0 Å². The van der Waals surface area contributed by atoms with Crippen LogP contribution in [-0.4, -0.2) is 15.0 Å². The predicted molar refractivity (Wildman–Crippen MR) is 193 cm³/mol. The Morgan fingerprint density at radius 2 is 1.15 bits per heavy atom. The summed E-state index contributed by atoms with van der Waals surface area (Å²) in [4.78, 5) is 15.5. The van der Waals surface area contributed by atoms with Crippen LogP contribution in [0.15, 0.2) is 142 Å². The largest absolute Gasteiger partial charge is 0.460 e. The van der Waals surface area contributed by atoms with Gasteiger partial charge in [0.05, 0.1) is 0 Å². The molecule has 0 aliphatic heterocycles. The van der Waals surface area contributed by atoms with Gasteiger partial charge in [0.1, 0.15) is 22.5 Å². The number of nitrogens with zero attached hydrogens (tertiary/aromatic N) is 3. The van der Waals surface area contributed by atoms with E-state index in [1.807, 2.05) is 36.4 Å². The molecule has 0 radical (unpaired) electrons. The van der Waals surface area contributed by atoms with Crippen LogP contribution in [0.1, 0.15) is 23.3 Å². The molecule has 0 N–H and O–H groups in total. The van der Waals surface area contributed by atoms with E-state index in [0.29, 0.717) is 17.5 Å². The van der Waals surface area contributed by atoms with E-state index >= 15 is 0 Å². The molecule has 3 heterocycles. The Morgan fingerprint density at radius 1 is 0.458 bits per heavy atom. The molecule has 48 heavy (non-hydrogen) atoms. The average molecular weight is 618 g/mol. The van der Waals surface area contributed by atoms with Crippen LogP contribution in [0.25, 0.3) is 89.5 Å². The van der Waals surface area contributed by atoms with Crippen LogP contribution in [0.5, 0.6) is 0 Å². The minimum atomic E-state index is 0.583. The first-order chi connectivity index (χ1) is 23.8. The van der Waals surface area contributed by atoms with E-state index in [9.17, 15) is 0 Å². The lowest BCUT2D eigenvalue weighted by molar-refractivity contribution is 0.548. The van der Waals surface area contributed by atoms with Crippen LogP contribution in [0, 0.1) is 0 Å². The van der Waals surface area contributed by atoms with E-state index in [0.717, 1.165) is 84.5 Å². The van der Waals surface area contributed by atoms with Crippen LogP contribution >= 0.6 is 0 Å². The molecule has 0 saturated heterocycles. The van der Waals surface area contributed by atoms with Crippen LogP contribution in [0.4, 0.5) is 0 Å². The maximum atomic E-state index is 6.47. The highest BCUT2D eigenvalue weighted by Gasteiger charge is 2.24. The second-order valence-electron chi connectivity index (χ2n) is 12.3. The SMILES string of the molecule is C1=C(c2ccccc2)CCc2oc3cccc(-c4nc(-c5ccc6c(c5)oc5ccccc56)nc(-c5cccc6ccccc56)n4)c3c21. The molecular weight excluding hydrogens is 590 g/mol. The fourth-order valence-corrected chi connectivity index (χ4v) is 7.15. The molecule has 0 saturated carbocycles. The number of hydrogen-bond acceptors (Lipinski definition) is 5. The summed E-state index contributed by atoms with van der Waals surface area (Å²) in [5, 5.41) is 5.39. The van der Waals surface area contributed by atoms with Crippen molar-refractivity contribution in [3.63, 3.8) is 0 Å². The van der Waals surface area contributed by atoms with Gasteiger partial charge in [0.2, 0.25) is 0 Å². The Kier molecular flexibility index (Phi) is 5.93. The topological polar surface area (TPSA) is 65.0 Å². The smallest absolute Gasteiger partial charge is 0.164 e. The molecule has 10 rings (SSSR count). The first-order valence-electron chi connectivity index (χ1n) is 16.2. The molecule has 3 aromatic heterocycles. The van der Waals surface area contributed by atoms with Gasteiger partial charge >= 0.3 is 0 Å². The van der Waals surface area contributed by atoms with Gasteiger partial charge in [-0.15, -0.1) is 0 Å². The van der Waals surface area contributed by atoms with E-state index in [2.05, 4.69) is 103 Å². The van der Waals surface area contributed by atoms with Crippen molar-refractivity contribution >= 4 is 55.3 Å². The Morgan fingerprint density at radius 3 is 2.06 bits per heavy atom. The summed E-state index contributed by atoms with van der Waals surface area (Å²) in [5.41, 5.74) is 8.85. The first kappa shape index (κ1) is 26.8. The minimum absolute atomic E-state index is 0.583. The number of fused-ring (bicyclic) bond motifs is 7. The van der Waals surface area contributed by atoms with Crippen molar-refractivity contribution in [2.75, 3.05) is 0 Å². The molecule has 5 nitrogen and oxygen atoms in total. The van der Waals surface area contributed by atoms with Crippen LogP contribution in [-0.2, 0) is 6.42 Å². The fraction of sp³-hybridized carbons (Fsp3) is 0.0465. The number of para-hydroxylation sites is 1. The van der Waals surface area contributed by atoms with Crippen molar-refractivity contribution in [1.29, 1.82) is 0 Å². The number of aromatic nitrogens is 3. The van der Waals surface area contributed by atoms with Gasteiger partial charge < -0.3 is 8.83 Å². The first-order valence-corrected chi connectivity index (χ1v) is 16.2. The minimum Gasteiger partial charge on any atom is -0.460 e. The quantitative estimate of drug-likeness (QED) is 0.197. The molecule has 5 heteroatoms. The number of hydrogen-bond donors (Lipinski definition) is 0. The molecule has 0 fully saturated rings. The highest BCUT2D eigenvalue weighted by atomic mass is 16.3. The zero-order chi connectivity index (χ0) is 31.6. The summed E-state index contributed by atoms with van der Waals surface area (Å²) in [5.74, 6) is 2.80. The van der Waals surface area contributed by atoms with Crippen LogP contribution in [0.3, 0.4) is 0 Å². The van der Waals surface area contributed by atoms with Crippen molar-refractivity contribution in [2.24, 2.45) is 0 Å². The third-order valence-corrected chi connectivity index (χ3v) is 9.46. The number of furan rings is 2. The summed E-state index contributed by atoms with van der Waals surface area (Å²) in [6, 6.07) is 45.7. The van der Waals surface area contributed by atoms with Crippen molar-refractivity contribution in [3.8, 4) is 34.2 Å². The summed E-state index contributed by atoms with van der Waals surface area (Å²) < 4.78 is 12.7. The Balaban J connectivity index is 1.22. The van der Waals surface area contributed by atoms with Crippen LogP contribution < -0.4 is 0 Å². The lowest BCUT2D eigenvalue weighted by Gasteiger charge is -2.14. The molecule has 0 unspecified atom stereocenters. The summed E-state index contributed by atoms with van der Waals surface area (Å²) in [6.07, 6.45) is 4.05. The van der Waals surface area contributed by atoms with E-state index in [4.69, 9.17) is 23.8 Å². The van der Waals surface area contributed by atoms with Crippen molar-refractivity contribution in [3.05, 3.63) is 150 Å². The molecule has 0 atom stereocenters. The summed E-state index contributed by atoms with van der Waals surface area (Å²) in [7, 11) is 0. The summed E-state index contributed by atoms with van der Waals surface area (Å²) >= 11 is 0. The molecular formula is C43H27N3O2. The zero-order valence-corrected chi connectivity index (χ0v) is 25.9. The van der Waals surface area contributed by atoms with Crippen molar-refractivity contribution < 1.29 is 8.83 Å². The Labute approximate surface area is 275 Å². The summed E-state index contributed by atoms with van der Waals surface area (Å²) in [6.45, 7) is 0. The molecule has 0 bridgehead atoms. The molecule has 0 amide bonds. The molecule has 0 spiro atoms. The predicted octanol–water partition coefficient (Wildman–Crippen LogP) is 11.2. The number of allylic oxidation sites excluding steroid dienone is 1. The Bertz CT molecular complexity index is 2730.